The van der Waals surface area contributed by atoms with Gasteiger partial charge in [0.2, 0.25) is 5.76 Å². The van der Waals surface area contributed by atoms with E-state index >= 15 is 0 Å². The second-order valence-electron chi connectivity index (χ2n) is 6.75. The monoisotopic (exact) mass is 406 g/mol. The number of rotatable bonds is 6. The van der Waals surface area contributed by atoms with E-state index in [1.54, 1.807) is 31.0 Å². The Morgan fingerprint density at radius 1 is 1.17 bits per heavy atom. The smallest absolute Gasteiger partial charge is 0.295 e. The number of aryl methyl sites for hydroxylation is 3. The molecule has 0 aliphatic heterocycles. The fourth-order valence-corrected chi connectivity index (χ4v) is 3.19. The van der Waals surface area contributed by atoms with Gasteiger partial charge in [0.25, 0.3) is 5.91 Å². The number of carbonyl (C=O) groups excluding carboxylic acids is 1. The predicted molar refractivity (Wildman–Crippen MR) is 111 cm³/mol. The first-order chi connectivity index (χ1) is 14.5. The maximum atomic E-state index is 12.7. The van der Waals surface area contributed by atoms with Crippen LogP contribution in [0.2, 0.25) is 0 Å². The molecule has 1 N–H and O–H groups in total. The van der Waals surface area contributed by atoms with E-state index in [4.69, 9.17) is 9.26 Å². The summed E-state index contributed by atoms with van der Waals surface area (Å²) in [7, 11) is 3.36. The van der Waals surface area contributed by atoms with Crippen molar-refractivity contribution in [2.75, 3.05) is 12.4 Å². The Labute approximate surface area is 173 Å². The van der Waals surface area contributed by atoms with Crippen molar-refractivity contribution < 1.29 is 14.1 Å². The Balaban J connectivity index is 1.56. The SMILES string of the molecule is CCn1cc(-c2cc(C(=O)Nc3cc(-c4ccccc4OC)nn3C)on2)c(C)n1. The van der Waals surface area contributed by atoms with Crippen molar-refractivity contribution in [1.29, 1.82) is 0 Å². The number of hydrogen-bond donors (Lipinski definition) is 1. The lowest BCUT2D eigenvalue weighted by Gasteiger charge is -2.04. The quantitative estimate of drug-likeness (QED) is 0.526. The van der Waals surface area contributed by atoms with Gasteiger partial charge in [-0.25, -0.2) is 0 Å². The van der Waals surface area contributed by atoms with Crippen LogP contribution in [-0.4, -0.2) is 37.7 Å². The number of para-hydroxylation sites is 1. The van der Waals surface area contributed by atoms with Gasteiger partial charge in [-0.15, -0.1) is 0 Å². The zero-order valence-electron chi connectivity index (χ0n) is 17.2. The van der Waals surface area contributed by atoms with Crippen molar-refractivity contribution in [1.82, 2.24) is 24.7 Å². The molecule has 0 aliphatic rings. The summed E-state index contributed by atoms with van der Waals surface area (Å²) < 4.78 is 14.1. The Bertz CT molecular complexity index is 1200. The van der Waals surface area contributed by atoms with Crippen LogP contribution in [0.3, 0.4) is 0 Å². The Morgan fingerprint density at radius 3 is 2.70 bits per heavy atom. The molecular weight excluding hydrogens is 384 g/mol. The standard InChI is InChI=1S/C21H22N6O3/c1-5-27-12-15(13(2)23-27)17-10-19(30-25-17)21(28)22-20-11-16(24-26(20)3)14-8-6-7-9-18(14)29-4/h6-12H,5H2,1-4H3,(H,22,28). The summed E-state index contributed by atoms with van der Waals surface area (Å²) in [6, 6.07) is 11.0. The molecule has 1 amide bonds. The van der Waals surface area contributed by atoms with Gasteiger partial charge in [0, 0.05) is 43.0 Å². The molecule has 0 radical (unpaired) electrons. The van der Waals surface area contributed by atoms with Crippen LogP contribution in [-0.2, 0) is 13.6 Å². The van der Waals surface area contributed by atoms with Crippen molar-refractivity contribution in [3.63, 3.8) is 0 Å². The van der Waals surface area contributed by atoms with Gasteiger partial charge in [0.1, 0.15) is 17.3 Å². The highest BCUT2D eigenvalue weighted by atomic mass is 16.5. The number of ether oxygens (including phenoxy) is 1. The number of carbonyl (C=O) groups is 1. The number of nitrogens with one attached hydrogen (secondary N) is 1. The van der Waals surface area contributed by atoms with Crippen molar-refractivity contribution in [3.05, 3.63) is 54.0 Å². The molecule has 0 spiro atoms. The topological polar surface area (TPSA) is 100 Å². The zero-order chi connectivity index (χ0) is 21.3. The molecule has 154 valence electrons. The minimum absolute atomic E-state index is 0.105. The van der Waals surface area contributed by atoms with Crippen LogP contribution in [0.1, 0.15) is 23.2 Å². The van der Waals surface area contributed by atoms with Gasteiger partial charge in [-0.1, -0.05) is 17.3 Å². The fourth-order valence-electron chi connectivity index (χ4n) is 3.19. The van der Waals surface area contributed by atoms with Gasteiger partial charge in [-0.05, 0) is 26.0 Å². The third kappa shape index (κ3) is 3.57. The molecule has 9 nitrogen and oxygen atoms in total. The molecular formula is C21H22N6O3. The number of amides is 1. The fraction of sp³-hybridized carbons (Fsp3) is 0.238. The summed E-state index contributed by atoms with van der Waals surface area (Å²) >= 11 is 0. The lowest BCUT2D eigenvalue weighted by atomic mass is 10.1. The average molecular weight is 406 g/mol. The molecule has 0 saturated carbocycles. The van der Waals surface area contributed by atoms with E-state index in [-0.39, 0.29) is 5.76 Å². The molecule has 0 bridgehead atoms. The van der Waals surface area contributed by atoms with Crippen LogP contribution in [0.25, 0.3) is 22.5 Å². The molecule has 0 saturated heterocycles. The van der Waals surface area contributed by atoms with E-state index in [0.717, 1.165) is 23.4 Å². The van der Waals surface area contributed by atoms with E-state index in [1.165, 1.54) is 0 Å². The minimum Gasteiger partial charge on any atom is -0.496 e. The predicted octanol–water partition coefficient (Wildman–Crippen LogP) is 3.53. The van der Waals surface area contributed by atoms with Crippen molar-refractivity contribution in [2.24, 2.45) is 7.05 Å². The van der Waals surface area contributed by atoms with Gasteiger partial charge in [-0.3, -0.25) is 14.2 Å². The molecule has 0 fully saturated rings. The highest BCUT2D eigenvalue weighted by Crippen LogP contribution is 2.30. The first kappa shape index (κ1) is 19.4. The number of benzene rings is 1. The molecule has 30 heavy (non-hydrogen) atoms. The average Bonchev–Trinajstić information content (AvgIpc) is 3.46. The summed E-state index contributed by atoms with van der Waals surface area (Å²) in [5.74, 6) is 0.919. The molecule has 4 rings (SSSR count). The third-order valence-corrected chi connectivity index (χ3v) is 4.78. The normalized spacial score (nSPS) is 10.9. The molecule has 0 unspecified atom stereocenters. The highest BCUT2D eigenvalue weighted by molar-refractivity contribution is 6.02. The van der Waals surface area contributed by atoms with Gasteiger partial charge in [0.05, 0.1) is 18.5 Å². The van der Waals surface area contributed by atoms with E-state index in [2.05, 4.69) is 20.7 Å². The summed E-state index contributed by atoms with van der Waals surface area (Å²) in [6.07, 6.45) is 1.88. The van der Waals surface area contributed by atoms with Crippen LogP contribution >= 0.6 is 0 Å². The molecule has 1 aromatic carbocycles. The van der Waals surface area contributed by atoms with Crippen LogP contribution < -0.4 is 10.1 Å². The highest BCUT2D eigenvalue weighted by Gasteiger charge is 2.19. The van der Waals surface area contributed by atoms with Crippen molar-refractivity contribution in [3.8, 4) is 28.3 Å². The largest absolute Gasteiger partial charge is 0.496 e. The molecule has 3 heterocycles. The van der Waals surface area contributed by atoms with Gasteiger partial charge < -0.3 is 14.6 Å². The minimum atomic E-state index is -0.413. The number of hydrogen-bond acceptors (Lipinski definition) is 6. The van der Waals surface area contributed by atoms with E-state index in [1.807, 2.05) is 49.0 Å². The van der Waals surface area contributed by atoms with Crippen LogP contribution in [0.5, 0.6) is 5.75 Å². The maximum absolute atomic E-state index is 12.7. The summed E-state index contributed by atoms with van der Waals surface area (Å²) in [5.41, 5.74) is 3.74. The number of nitrogens with zero attached hydrogens (tertiary/aromatic N) is 5. The Morgan fingerprint density at radius 2 is 1.97 bits per heavy atom. The Kier molecular flexibility index (Phi) is 5.09. The van der Waals surface area contributed by atoms with Gasteiger partial charge in [-0.2, -0.15) is 10.2 Å². The van der Waals surface area contributed by atoms with Crippen LogP contribution in [0.15, 0.2) is 47.1 Å². The molecule has 0 atom stereocenters. The number of methoxy groups -OCH3 is 1. The molecule has 4 aromatic rings. The van der Waals surface area contributed by atoms with Crippen molar-refractivity contribution >= 4 is 11.7 Å². The van der Waals surface area contributed by atoms with Crippen LogP contribution in [0, 0.1) is 6.92 Å². The molecule has 3 aromatic heterocycles. The molecule has 9 heteroatoms. The lowest BCUT2D eigenvalue weighted by Crippen LogP contribution is -2.13. The van der Waals surface area contributed by atoms with Crippen molar-refractivity contribution in [2.45, 2.75) is 20.4 Å². The van der Waals surface area contributed by atoms with E-state index < -0.39 is 5.91 Å². The maximum Gasteiger partial charge on any atom is 0.295 e. The van der Waals surface area contributed by atoms with Gasteiger partial charge in [0.15, 0.2) is 0 Å². The Hall–Kier alpha value is -3.88. The third-order valence-electron chi connectivity index (χ3n) is 4.78. The summed E-state index contributed by atoms with van der Waals surface area (Å²) in [4.78, 5) is 12.7. The number of aromatic nitrogens is 5. The summed E-state index contributed by atoms with van der Waals surface area (Å²) in [6.45, 7) is 4.65. The van der Waals surface area contributed by atoms with E-state index in [9.17, 15) is 4.79 Å². The second-order valence-corrected chi connectivity index (χ2v) is 6.75. The zero-order valence-corrected chi connectivity index (χ0v) is 17.2. The molecule has 0 aliphatic carbocycles. The lowest BCUT2D eigenvalue weighted by molar-refractivity contribution is 0.0987. The van der Waals surface area contributed by atoms with E-state index in [0.29, 0.717) is 23.0 Å². The van der Waals surface area contributed by atoms with Crippen LogP contribution in [0.4, 0.5) is 5.82 Å². The summed E-state index contributed by atoms with van der Waals surface area (Å²) in [5, 5.41) is 15.7. The van der Waals surface area contributed by atoms with Gasteiger partial charge >= 0.3 is 0 Å². The first-order valence-corrected chi connectivity index (χ1v) is 9.50. The second kappa shape index (κ2) is 7.86. The first-order valence-electron chi connectivity index (χ1n) is 9.50. The number of anilines is 1.